The minimum Gasteiger partial charge on any atom is -0.508 e. The molecule has 2 aromatic rings. The van der Waals surface area contributed by atoms with Gasteiger partial charge in [0.2, 0.25) is 0 Å². The second-order valence-corrected chi connectivity index (χ2v) is 4.34. The molecule has 0 saturated carbocycles. The number of carbonyl (C=O) groups excluding carboxylic acids is 1. The molecule has 0 amide bonds. The molecule has 0 aliphatic carbocycles. The third-order valence-electron chi connectivity index (χ3n) is 3.05. The first-order valence-electron chi connectivity index (χ1n) is 5.80. The summed E-state index contributed by atoms with van der Waals surface area (Å²) in [4.78, 5) is 12.1. The van der Waals surface area contributed by atoms with Gasteiger partial charge >= 0.3 is 0 Å². The molecule has 1 atom stereocenters. The fraction of sp³-hybridized carbons (Fsp3) is 0.133. The Kier molecular flexibility index (Phi) is 2.52. The van der Waals surface area contributed by atoms with Crippen LogP contribution in [0, 0.1) is 0 Å². The lowest BCUT2D eigenvalue weighted by Gasteiger charge is -2.25. The molecule has 0 saturated heterocycles. The van der Waals surface area contributed by atoms with Gasteiger partial charge in [-0.15, -0.1) is 0 Å². The Hall–Kier alpha value is -2.29. The number of phenolic OH excluding ortho intramolecular Hbond substituents is 1. The van der Waals surface area contributed by atoms with Crippen molar-refractivity contribution in [2.24, 2.45) is 0 Å². The quantitative estimate of drug-likeness (QED) is 0.833. The second-order valence-electron chi connectivity index (χ2n) is 4.34. The minimum atomic E-state index is -0.539. The molecule has 1 heterocycles. The standard InChI is InChI=1S/C15H12O3/c16-12-6-7-14-11(8-12)9-13(17)15(18-14)10-4-2-1-3-5-10/h1-8,15-16H,9H2. The van der Waals surface area contributed by atoms with E-state index in [4.69, 9.17) is 4.74 Å². The van der Waals surface area contributed by atoms with Crippen molar-refractivity contribution in [1.82, 2.24) is 0 Å². The van der Waals surface area contributed by atoms with Crippen LogP contribution in [-0.4, -0.2) is 10.9 Å². The highest BCUT2D eigenvalue weighted by Crippen LogP contribution is 2.34. The van der Waals surface area contributed by atoms with Gasteiger partial charge in [0, 0.05) is 12.0 Å². The molecule has 3 rings (SSSR count). The average Bonchev–Trinajstić information content (AvgIpc) is 2.39. The van der Waals surface area contributed by atoms with Crippen molar-refractivity contribution in [2.45, 2.75) is 12.5 Å². The molecule has 3 nitrogen and oxygen atoms in total. The van der Waals surface area contributed by atoms with Gasteiger partial charge in [0.1, 0.15) is 11.5 Å². The Labute approximate surface area is 105 Å². The van der Waals surface area contributed by atoms with Crippen molar-refractivity contribution in [3.05, 3.63) is 59.7 Å². The number of hydrogen-bond donors (Lipinski definition) is 1. The number of ketones is 1. The Balaban J connectivity index is 1.97. The molecule has 90 valence electrons. The van der Waals surface area contributed by atoms with E-state index in [1.165, 1.54) is 0 Å². The van der Waals surface area contributed by atoms with Crippen LogP contribution in [0.3, 0.4) is 0 Å². The Bertz CT molecular complexity index is 590. The summed E-state index contributed by atoms with van der Waals surface area (Å²) in [5.74, 6) is 0.837. The zero-order valence-corrected chi connectivity index (χ0v) is 9.67. The van der Waals surface area contributed by atoms with Crippen LogP contribution in [-0.2, 0) is 11.2 Å². The van der Waals surface area contributed by atoms with Crippen molar-refractivity contribution in [3.8, 4) is 11.5 Å². The van der Waals surface area contributed by atoms with Gasteiger partial charge in [0.05, 0.1) is 0 Å². The molecule has 1 aliphatic heterocycles. The molecule has 0 radical (unpaired) electrons. The van der Waals surface area contributed by atoms with Gasteiger partial charge in [-0.1, -0.05) is 30.3 Å². The first kappa shape index (κ1) is 10.8. The number of fused-ring (bicyclic) bond motifs is 1. The molecule has 0 spiro atoms. The zero-order valence-electron chi connectivity index (χ0n) is 9.67. The number of phenols is 1. The molecule has 18 heavy (non-hydrogen) atoms. The molecule has 2 aromatic carbocycles. The Morgan fingerprint density at radius 1 is 1.11 bits per heavy atom. The molecule has 1 N–H and O–H groups in total. The third kappa shape index (κ3) is 1.84. The predicted octanol–water partition coefficient (Wildman–Crippen LogP) is 2.64. The van der Waals surface area contributed by atoms with Crippen molar-refractivity contribution in [2.75, 3.05) is 0 Å². The lowest BCUT2D eigenvalue weighted by Crippen LogP contribution is -2.25. The van der Waals surface area contributed by atoms with Gasteiger partial charge < -0.3 is 9.84 Å². The molecule has 0 bridgehead atoms. The highest BCUT2D eigenvalue weighted by Gasteiger charge is 2.29. The molecule has 0 fully saturated rings. The first-order valence-corrected chi connectivity index (χ1v) is 5.80. The summed E-state index contributed by atoms with van der Waals surface area (Å²) in [7, 11) is 0. The van der Waals surface area contributed by atoms with Gasteiger partial charge in [-0.2, -0.15) is 0 Å². The van der Waals surface area contributed by atoms with Gasteiger partial charge in [-0.3, -0.25) is 4.79 Å². The van der Waals surface area contributed by atoms with Gasteiger partial charge in [0.25, 0.3) is 0 Å². The van der Waals surface area contributed by atoms with Crippen molar-refractivity contribution < 1.29 is 14.6 Å². The van der Waals surface area contributed by atoms with E-state index in [0.717, 1.165) is 11.1 Å². The Morgan fingerprint density at radius 2 is 1.89 bits per heavy atom. The van der Waals surface area contributed by atoms with Crippen LogP contribution in [0.1, 0.15) is 17.2 Å². The van der Waals surface area contributed by atoms with Crippen LogP contribution in [0.15, 0.2) is 48.5 Å². The van der Waals surface area contributed by atoms with Crippen LogP contribution in [0.5, 0.6) is 11.5 Å². The van der Waals surface area contributed by atoms with E-state index < -0.39 is 6.10 Å². The Morgan fingerprint density at radius 3 is 2.67 bits per heavy atom. The minimum absolute atomic E-state index is 0.0132. The number of carbonyl (C=O) groups is 1. The van der Waals surface area contributed by atoms with Crippen molar-refractivity contribution in [1.29, 1.82) is 0 Å². The van der Waals surface area contributed by atoms with E-state index in [2.05, 4.69) is 0 Å². The smallest absolute Gasteiger partial charge is 0.182 e. The fourth-order valence-electron chi connectivity index (χ4n) is 2.17. The summed E-state index contributed by atoms with van der Waals surface area (Å²) in [5, 5.41) is 9.39. The van der Waals surface area contributed by atoms with Crippen molar-refractivity contribution >= 4 is 5.78 Å². The second kappa shape index (κ2) is 4.18. The van der Waals surface area contributed by atoms with E-state index in [1.807, 2.05) is 30.3 Å². The average molecular weight is 240 g/mol. The first-order chi connectivity index (χ1) is 8.74. The SMILES string of the molecule is O=C1Cc2cc(O)ccc2OC1c1ccccc1. The molecular weight excluding hydrogens is 228 g/mol. The van der Waals surface area contributed by atoms with E-state index in [0.29, 0.717) is 12.2 Å². The third-order valence-corrected chi connectivity index (χ3v) is 3.05. The topological polar surface area (TPSA) is 46.5 Å². The van der Waals surface area contributed by atoms with Crippen LogP contribution < -0.4 is 4.74 Å². The van der Waals surface area contributed by atoms with Gasteiger partial charge in [0.15, 0.2) is 11.9 Å². The van der Waals surface area contributed by atoms with E-state index in [9.17, 15) is 9.90 Å². The van der Waals surface area contributed by atoms with Crippen LogP contribution in [0.2, 0.25) is 0 Å². The lowest BCUT2D eigenvalue weighted by molar-refractivity contribution is -0.126. The highest BCUT2D eigenvalue weighted by molar-refractivity contribution is 5.88. The van der Waals surface area contributed by atoms with E-state index in [1.54, 1.807) is 18.2 Å². The number of hydrogen-bond acceptors (Lipinski definition) is 3. The maximum Gasteiger partial charge on any atom is 0.182 e. The molecule has 0 aromatic heterocycles. The predicted molar refractivity (Wildman–Crippen MR) is 66.6 cm³/mol. The van der Waals surface area contributed by atoms with Gasteiger partial charge in [-0.25, -0.2) is 0 Å². The lowest BCUT2D eigenvalue weighted by atomic mass is 9.96. The monoisotopic (exact) mass is 240 g/mol. The highest BCUT2D eigenvalue weighted by atomic mass is 16.5. The summed E-state index contributed by atoms with van der Waals surface area (Å²) in [5.41, 5.74) is 1.61. The van der Waals surface area contributed by atoms with E-state index >= 15 is 0 Å². The van der Waals surface area contributed by atoms with Crippen LogP contribution >= 0.6 is 0 Å². The largest absolute Gasteiger partial charge is 0.508 e. The number of Topliss-reactive ketones (excluding diaryl/α,β-unsaturated/α-hetero) is 1. The fourth-order valence-corrected chi connectivity index (χ4v) is 2.17. The number of aromatic hydroxyl groups is 1. The van der Waals surface area contributed by atoms with Crippen molar-refractivity contribution in [3.63, 3.8) is 0 Å². The molecule has 1 aliphatic rings. The number of benzene rings is 2. The summed E-state index contributed by atoms with van der Waals surface area (Å²) in [6.07, 6.45) is -0.244. The number of ether oxygens (including phenoxy) is 1. The maximum atomic E-state index is 12.1. The van der Waals surface area contributed by atoms with Crippen LogP contribution in [0.4, 0.5) is 0 Å². The zero-order chi connectivity index (χ0) is 12.5. The van der Waals surface area contributed by atoms with E-state index in [-0.39, 0.29) is 11.5 Å². The summed E-state index contributed by atoms with van der Waals surface area (Å²) in [6.45, 7) is 0. The van der Waals surface area contributed by atoms with Gasteiger partial charge in [-0.05, 0) is 23.8 Å². The molecule has 3 heteroatoms. The summed E-state index contributed by atoms with van der Waals surface area (Å²) >= 11 is 0. The molecule has 1 unspecified atom stereocenters. The summed E-state index contributed by atoms with van der Waals surface area (Å²) < 4.78 is 5.72. The van der Waals surface area contributed by atoms with Crippen LogP contribution in [0.25, 0.3) is 0 Å². The number of rotatable bonds is 1. The maximum absolute atomic E-state index is 12.1. The molecular formula is C15H12O3. The summed E-state index contributed by atoms with van der Waals surface area (Å²) in [6, 6.07) is 14.3. The normalized spacial score (nSPS) is 18.0.